The molecule has 0 spiro atoms. The fourth-order valence-corrected chi connectivity index (χ4v) is 1.15. The van der Waals surface area contributed by atoms with Crippen LogP contribution in [0, 0.1) is 0 Å². The average molecular weight is 313 g/mol. The topological polar surface area (TPSA) is 29.5 Å². The third kappa shape index (κ3) is 4.15. The van der Waals surface area contributed by atoms with E-state index in [1.165, 1.54) is 0 Å². The average Bonchev–Trinajstić information content (AvgIpc) is 2.16. The third-order valence-electron chi connectivity index (χ3n) is 1.43. The Labute approximate surface area is 96.0 Å². The molecule has 0 saturated heterocycles. The monoisotopic (exact) mass is 312 g/mol. The lowest BCUT2D eigenvalue weighted by molar-refractivity contribution is 0.128. The molecular formula is C9H10ClIO2. The molecule has 2 nitrogen and oxygen atoms in total. The minimum absolute atomic E-state index is 0.324. The number of hydrogen-bond acceptors (Lipinski definition) is 2. The summed E-state index contributed by atoms with van der Waals surface area (Å²) in [7, 11) is 0. The molecule has 0 fully saturated rings. The smallest absolute Gasteiger partial charge is 0.119 e. The van der Waals surface area contributed by atoms with Gasteiger partial charge in [0.25, 0.3) is 0 Å². The minimum atomic E-state index is -0.406. The number of rotatable bonds is 4. The normalized spacial score (nSPS) is 12.5. The number of hydrogen-bond donors (Lipinski definition) is 1. The van der Waals surface area contributed by atoms with Gasteiger partial charge in [-0.3, -0.25) is 0 Å². The second kappa shape index (κ2) is 5.67. The van der Waals surface area contributed by atoms with Crippen molar-refractivity contribution in [2.45, 2.75) is 6.10 Å². The molecule has 4 heteroatoms. The number of aliphatic hydroxyl groups excluding tert-OH is 1. The van der Waals surface area contributed by atoms with E-state index in [4.69, 9.17) is 16.3 Å². The van der Waals surface area contributed by atoms with Crippen LogP contribution < -0.4 is 4.74 Å². The van der Waals surface area contributed by atoms with Gasteiger partial charge in [0.1, 0.15) is 12.4 Å². The van der Waals surface area contributed by atoms with Crippen LogP contribution in [-0.2, 0) is 0 Å². The lowest BCUT2D eigenvalue weighted by Gasteiger charge is -2.09. The molecule has 1 rings (SSSR count). The second-order valence-electron chi connectivity index (χ2n) is 2.57. The van der Waals surface area contributed by atoms with E-state index in [2.05, 4.69) is 22.6 Å². The maximum atomic E-state index is 9.22. The summed E-state index contributed by atoms with van der Waals surface area (Å²) in [6.45, 7) is 0.324. The molecule has 1 aromatic carbocycles. The highest BCUT2D eigenvalue weighted by Crippen LogP contribution is 2.15. The van der Waals surface area contributed by atoms with Crippen molar-refractivity contribution in [1.82, 2.24) is 0 Å². The van der Waals surface area contributed by atoms with Crippen molar-refractivity contribution in [2.75, 3.05) is 11.0 Å². The largest absolute Gasteiger partial charge is 0.491 e. The summed E-state index contributed by atoms with van der Waals surface area (Å²) in [5, 5.41) is 9.90. The van der Waals surface area contributed by atoms with Crippen LogP contribution in [0.15, 0.2) is 24.3 Å². The molecule has 0 aliphatic rings. The second-order valence-corrected chi connectivity index (χ2v) is 3.89. The zero-order valence-corrected chi connectivity index (χ0v) is 9.83. The summed E-state index contributed by atoms with van der Waals surface area (Å²) in [5.41, 5.74) is 0. The number of halogens is 2. The SMILES string of the molecule is OC(CI)COc1ccc(Cl)cc1. The summed E-state index contributed by atoms with van der Waals surface area (Å²) in [4.78, 5) is 0. The van der Waals surface area contributed by atoms with E-state index in [-0.39, 0.29) is 0 Å². The van der Waals surface area contributed by atoms with Gasteiger partial charge >= 0.3 is 0 Å². The highest BCUT2D eigenvalue weighted by molar-refractivity contribution is 14.1. The third-order valence-corrected chi connectivity index (χ3v) is 2.70. The first-order chi connectivity index (χ1) is 6.22. The summed E-state index contributed by atoms with van der Waals surface area (Å²) >= 11 is 7.81. The van der Waals surface area contributed by atoms with Gasteiger partial charge in [0, 0.05) is 9.45 Å². The predicted molar refractivity (Wildman–Crippen MR) is 61.8 cm³/mol. The lowest BCUT2D eigenvalue weighted by atomic mass is 10.3. The molecule has 0 aromatic heterocycles. The molecule has 72 valence electrons. The molecule has 0 aliphatic heterocycles. The first-order valence-corrected chi connectivity index (χ1v) is 5.75. The Morgan fingerprint density at radius 3 is 2.54 bits per heavy atom. The van der Waals surface area contributed by atoms with Gasteiger partial charge < -0.3 is 9.84 Å². The summed E-state index contributed by atoms with van der Waals surface area (Å²) in [5.74, 6) is 0.730. The molecule has 0 bridgehead atoms. The maximum absolute atomic E-state index is 9.22. The molecule has 0 amide bonds. The molecule has 1 atom stereocenters. The van der Waals surface area contributed by atoms with Gasteiger partial charge in [-0.25, -0.2) is 0 Å². The molecule has 0 heterocycles. The first-order valence-electron chi connectivity index (χ1n) is 3.85. The molecule has 1 N–H and O–H groups in total. The zero-order valence-electron chi connectivity index (χ0n) is 6.91. The van der Waals surface area contributed by atoms with Crippen LogP contribution in [0.25, 0.3) is 0 Å². The van der Waals surface area contributed by atoms with Crippen molar-refractivity contribution in [3.8, 4) is 5.75 Å². The number of aliphatic hydroxyl groups is 1. The van der Waals surface area contributed by atoms with Gasteiger partial charge in [-0.1, -0.05) is 34.2 Å². The molecule has 0 aliphatic carbocycles. The Morgan fingerprint density at radius 2 is 2.00 bits per heavy atom. The molecule has 1 aromatic rings. The number of ether oxygens (including phenoxy) is 1. The van der Waals surface area contributed by atoms with Crippen molar-refractivity contribution < 1.29 is 9.84 Å². The Bertz CT molecular complexity index is 250. The molecule has 0 radical (unpaired) electrons. The summed E-state index contributed by atoms with van der Waals surface area (Å²) in [6, 6.07) is 7.07. The van der Waals surface area contributed by atoms with Crippen LogP contribution >= 0.6 is 34.2 Å². The van der Waals surface area contributed by atoms with E-state index in [1.807, 2.05) is 0 Å². The van der Waals surface area contributed by atoms with E-state index in [1.54, 1.807) is 24.3 Å². The fourth-order valence-electron chi connectivity index (χ4n) is 0.768. The minimum Gasteiger partial charge on any atom is -0.491 e. The summed E-state index contributed by atoms with van der Waals surface area (Å²) < 4.78 is 5.97. The van der Waals surface area contributed by atoms with Crippen LogP contribution in [0.3, 0.4) is 0 Å². The van der Waals surface area contributed by atoms with Crippen molar-refractivity contribution in [3.63, 3.8) is 0 Å². The van der Waals surface area contributed by atoms with Crippen LogP contribution in [0.5, 0.6) is 5.75 Å². The summed E-state index contributed by atoms with van der Waals surface area (Å²) in [6.07, 6.45) is -0.406. The van der Waals surface area contributed by atoms with E-state index < -0.39 is 6.10 Å². The molecular weight excluding hydrogens is 302 g/mol. The van der Waals surface area contributed by atoms with Crippen molar-refractivity contribution in [2.24, 2.45) is 0 Å². The zero-order chi connectivity index (χ0) is 9.68. The fraction of sp³-hybridized carbons (Fsp3) is 0.333. The lowest BCUT2D eigenvalue weighted by Crippen LogP contribution is -2.18. The van der Waals surface area contributed by atoms with E-state index in [0.717, 1.165) is 5.75 Å². The van der Waals surface area contributed by atoms with Gasteiger partial charge in [-0.15, -0.1) is 0 Å². The van der Waals surface area contributed by atoms with Crippen molar-refractivity contribution in [1.29, 1.82) is 0 Å². The van der Waals surface area contributed by atoms with Gasteiger partial charge in [0.05, 0.1) is 6.10 Å². The first kappa shape index (κ1) is 11.1. The Kier molecular flexibility index (Phi) is 4.83. The van der Waals surface area contributed by atoms with Gasteiger partial charge in [-0.2, -0.15) is 0 Å². The predicted octanol–water partition coefficient (Wildman–Crippen LogP) is 2.51. The van der Waals surface area contributed by atoms with Crippen LogP contribution in [0.1, 0.15) is 0 Å². The highest BCUT2D eigenvalue weighted by Gasteiger charge is 2.01. The number of benzene rings is 1. The van der Waals surface area contributed by atoms with Gasteiger partial charge in [0.2, 0.25) is 0 Å². The van der Waals surface area contributed by atoms with Crippen molar-refractivity contribution >= 4 is 34.2 Å². The van der Waals surface area contributed by atoms with E-state index in [9.17, 15) is 5.11 Å². The van der Waals surface area contributed by atoms with Crippen molar-refractivity contribution in [3.05, 3.63) is 29.3 Å². The standard InChI is InChI=1S/C9H10ClIO2/c10-7-1-3-9(4-2-7)13-6-8(12)5-11/h1-4,8,12H,5-6H2. The van der Waals surface area contributed by atoms with Gasteiger partial charge in [0.15, 0.2) is 0 Å². The Morgan fingerprint density at radius 1 is 1.38 bits per heavy atom. The van der Waals surface area contributed by atoms with Crippen LogP contribution in [0.4, 0.5) is 0 Å². The van der Waals surface area contributed by atoms with E-state index in [0.29, 0.717) is 16.1 Å². The van der Waals surface area contributed by atoms with Crippen LogP contribution in [0.2, 0.25) is 5.02 Å². The van der Waals surface area contributed by atoms with E-state index >= 15 is 0 Å². The molecule has 1 unspecified atom stereocenters. The maximum Gasteiger partial charge on any atom is 0.119 e. The van der Waals surface area contributed by atoms with Gasteiger partial charge in [-0.05, 0) is 24.3 Å². The quantitative estimate of drug-likeness (QED) is 0.684. The Balaban J connectivity index is 2.41. The molecule has 0 saturated carbocycles. The molecule has 13 heavy (non-hydrogen) atoms. The number of alkyl halides is 1. The highest BCUT2D eigenvalue weighted by atomic mass is 127. The Hall–Kier alpha value is -0.000000000000000111. The van der Waals surface area contributed by atoms with Crippen LogP contribution in [-0.4, -0.2) is 22.2 Å².